The van der Waals surface area contributed by atoms with Crippen molar-refractivity contribution in [3.05, 3.63) is 12.2 Å². The van der Waals surface area contributed by atoms with E-state index in [4.69, 9.17) is 0 Å². The fourth-order valence-electron chi connectivity index (χ4n) is 0.401. The Morgan fingerprint density at radius 3 is 1.89 bits per heavy atom. The molecular formula is C7H14GeO. The molecule has 0 fully saturated rings. The molecule has 9 heavy (non-hydrogen) atoms. The average molecular weight is 187 g/mol. The zero-order valence-corrected chi connectivity index (χ0v) is 8.66. The number of hydrogen-bond donors (Lipinski definition) is 0. The Morgan fingerprint density at radius 2 is 1.78 bits per heavy atom. The standard InChI is InChI=1S/C7H14GeO/c1-5-6-7(9)8(2,3)4/h5-6H,1-4H3/b6-5+. The summed E-state index contributed by atoms with van der Waals surface area (Å²) in [5.74, 6) is 6.30. The van der Waals surface area contributed by atoms with Gasteiger partial charge in [-0.05, 0) is 0 Å². The maximum atomic E-state index is 11.1. The molecule has 0 atom stereocenters. The Labute approximate surface area is 59.5 Å². The van der Waals surface area contributed by atoms with Crippen molar-refractivity contribution >= 4 is 17.9 Å². The van der Waals surface area contributed by atoms with E-state index in [1.54, 1.807) is 6.08 Å². The Balaban J connectivity index is 4.06. The molecule has 0 radical (unpaired) electrons. The number of carbonyl (C=O) groups is 1. The van der Waals surface area contributed by atoms with Gasteiger partial charge in [-0.1, -0.05) is 0 Å². The van der Waals surface area contributed by atoms with Crippen LogP contribution in [0.4, 0.5) is 0 Å². The molecule has 2 heteroatoms. The molecule has 0 aliphatic heterocycles. The van der Waals surface area contributed by atoms with E-state index in [1.165, 1.54) is 0 Å². The van der Waals surface area contributed by atoms with Gasteiger partial charge in [-0.15, -0.1) is 0 Å². The van der Waals surface area contributed by atoms with Gasteiger partial charge in [0.05, 0.1) is 0 Å². The summed E-state index contributed by atoms with van der Waals surface area (Å²) in [7, 11) is 0. The summed E-state index contributed by atoms with van der Waals surface area (Å²) < 4.78 is 0.373. The summed E-state index contributed by atoms with van der Waals surface area (Å²) in [5.41, 5.74) is 0. The van der Waals surface area contributed by atoms with Crippen molar-refractivity contribution in [3.63, 3.8) is 0 Å². The van der Waals surface area contributed by atoms with Crippen LogP contribution >= 0.6 is 0 Å². The Bertz CT molecular complexity index is 130. The van der Waals surface area contributed by atoms with E-state index < -0.39 is 13.3 Å². The second-order valence-corrected chi connectivity index (χ2v) is 13.6. The minimum atomic E-state index is -1.96. The van der Waals surface area contributed by atoms with Crippen LogP contribution in [-0.2, 0) is 4.79 Å². The number of allylic oxidation sites excluding steroid dienone is 2. The van der Waals surface area contributed by atoms with Crippen molar-refractivity contribution in [2.75, 3.05) is 0 Å². The molecule has 0 bridgehead atoms. The summed E-state index contributed by atoms with van der Waals surface area (Å²) in [4.78, 5) is 11.1. The molecule has 0 aliphatic rings. The quantitative estimate of drug-likeness (QED) is 0.477. The second kappa shape index (κ2) is 3.20. The summed E-state index contributed by atoms with van der Waals surface area (Å²) in [6.07, 6.45) is 3.51. The average Bonchev–Trinajstić information content (AvgIpc) is 1.64. The van der Waals surface area contributed by atoms with E-state index in [0.717, 1.165) is 0 Å². The summed E-state index contributed by atoms with van der Waals surface area (Å²) in [6, 6.07) is 0. The van der Waals surface area contributed by atoms with E-state index in [-0.39, 0.29) is 0 Å². The Hall–Kier alpha value is -0.0471. The van der Waals surface area contributed by atoms with E-state index in [1.807, 2.05) is 13.0 Å². The first-order valence-corrected chi connectivity index (χ1v) is 10.5. The summed E-state index contributed by atoms with van der Waals surface area (Å²) in [5, 5.41) is 0. The van der Waals surface area contributed by atoms with Gasteiger partial charge in [0.25, 0.3) is 0 Å². The van der Waals surface area contributed by atoms with Crippen LogP contribution in [0, 0.1) is 0 Å². The Morgan fingerprint density at radius 1 is 1.33 bits per heavy atom. The van der Waals surface area contributed by atoms with Crippen molar-refractivity contribution in [2.24, 2.45) is 0 Å². The van der Waals surface area contributed by atoms with Crippen molar-refractivity contribution in [3.8, 4) is 0 Å². The molecule has 0 heterocycles. The van der Waals surface area contributed by atoms with Crippen LogP contribution in [0.25, 0.3) is 0 Å². The number of rotatable bonds is 2. The number of carbonyl (C=O) groups excluding carboxylic acids is 1. The molecule has 0 amide bonds. The third-order valence-electron chi connectivity index (χ3n) is 1.06. The molecule has 0 rings (SSSR count). The molecule has 0 saturated carbocycles. The molecule has 0 aliphatic carbocycles. The van der Waals surface area contributed by atoms with Crippen molar-refractivity contribution in [1.29, 1.82) is 0 Å². The first-order chi connectivity index (χ1) is 3.98. The molecule has 0 saturated heterocycles. The van der Waals surface area contributed by atoms with Crippen LogP contribution in [0.15, 0.2) is 12.2 Å². The minimum absolute atomic E-state index is 0.373. The fourth-order valence-corrected chi connectivity index (χ4v) is 1.80. The predicted molar refractivity (Wildman–Crippen MR) is 43.2 cm³/mol. The Kier molecular flexibility index (Phi) is 3.19. The molecule has 0 aromatic heterocycles. The van der Waals surface area contributed by atoms with Crippen LogP contribution in [0.1, 0.15) is 6.92 Å². The second-order valence-electron chi connectivity index (χ2n) is 3.11. The van der Waals surface area contributed by atoms with Gasteiger partial charge in [-0.3, -0.25) is 0 Å². The zero-order valence-electron chi connectivity index (χ0n) is 6.56. The van der Waals surface area contributed by atoms with E-state index in [9.17, 15) is 4.79 Å². The van der Waals surface area contributed by atoms with Gasteiger partial charge < -0.3 is 0 Å². The predicted octanol–water partition coefficient (Wildman–Crippen LogP) is 2.01. The maximum absolute atomic E-state index is 11.1. The van der Waals surface area contributed by atoms with Crippen LogP contribution in [0.3, 0.4) is 0 Å². The van der Waals surface area contributed by atoms with Crippen LogP contribution < -0.4 is 0 Å². The van der Waals surface area contributed by atoms with Gasteiger partial charge in [-0.2, -0.15) is 0 Å². The van der Waals surface area contributed by atoms with Gasteiger partial charge in [-0.25, -0.2) is 0 Å². The molecular weight excluding hydrogens is 173 g/mol. The van der Waals surface area contributed by atoms with Gasteiger partial charge in [0.2, 0.25) is 0 Å². The van der Waals surface area contributed by atoms with Crippen molar-refractivity contribution in [1.82, 2.24) is 0 Å². The first-order valence-electron chi connectivity index (χ1n) is 3.15. The topological polar surface area (TPSA) is 17.1 Å². The molecule has 0 aromatic rings. The van der Waals surface area contributed by atoms with Gasteiger partial charge in [0.15, 0.2) is 0 Å². The number of hydrogen-bond acceptors (Lipinski definition) is 1. The molecule has 1 nitrogen and oxygen atoms in total. The molecule has 52 valence electrons. The van der Waals surface area contributed by atoms with Crippen molar-refractivity contribution < 1.29 is 4.79 Å². The molecule has 0 N–H and O–H groups in total. The fraction of sp³-hybridized carbons (Fsp3) is 0.571. The van der Waals surface area contributed by atoms with E-state index in [0.29, 0.717) is 4.62 Å². The van der Waals surface area contributed by atoms with Gasteiger partial charge >= 0.3 is 59.0 Å². The van der Waals surface area contributed by atoms with E-state index in [2.05, 4.69) is 17.3 Å². The monoisotopic (exact) mass is 188 g/mol. The van der Waals surface area contributed by atoms with Crippen LogP contribution in [0.2, 0.25) is 17.3 Å². The normalized spacial score (nSPS) is 12.4. The first kappa shape index (κ1) is 8.95. The third-order valence-corrected chi connectivity index (χ3v) is 4.51. The molecule has 0 spiro atoms. The van der Waals surface area contributed by atoms with Gasteiger partial charge in [0, 0.05) is 0 Å². The van der Waals surface area contributed by atoms with Crippen LogP contribution in [-0.4, -0.2) is 17.9 Å². The zero-order chi connectivity index (χ0) is 7.49. The third kappa shape index (κ3) is 3.52. The van der Waals surface area contributed by atoms with E-state index >= 15 is 0 Å². The SMILES string of the molecule is C/C=C/[C](=O)[Ge]([CH3])([CH3])[CH3]. The molecule has 0 unspecified atom stereocenters. The van der Waals surface area contributed by atoms with Crippen molar-refractivity contribution in [2.45, 2.75) is 24.2 Å². The summed E-state index contributed by atoms with van der Waals surface area (Å²) >= 11 is -1.96. The summed E-state index contributed by atoms with van der Waals surface area (Å²) in [6.45, 7) is 1.88. The molecule has 0 aromatic carbocycles. The van der Waals surface area contributed by atoms with Gasteiger partial charge in [0.1, 0.15) is 0 Å². The van der Waals surface area contributed by atoms with Crippen LogP contribution in [0.5, 0.6) is 0 Å².